The van der Waals surface area contributed by atoms with Gasteiger partial charge in [0.15, 0.2) is 6.10 Å². The van der Waals surface area contributed by atoms with E-state index in [1.165, 1.54) is 19.3 Å². The van der Waals surface area contributed by atoms with Crippen molar-refractivity contribution in [2.24, 2.45) is 0 Å². The molecule has 1 N–H and O–H groups in total. The van der Waals surface area contributed by atoms with Crippen molar-refractivity contribution >= 4 is 19.8 Å². The number of phosphoric ester groups is 1. The summed E-state index contributed by atoms with van der Waals surface area (Å²) in [5.41, 5.74) is 0. The van der Waals surface area contributed by atoms with E-state index in [-0.39, 0.29) is 26.1 Å². The Labute approximate surface area is 334 Å². The number of hydrogen-bond acceptors (Lipinski definition) is 8. The van der Waals surface area contributed by atoms with E-state index in [1.807, 2.05) is 21.1 Å². The van der Waals surface area contributed by atoms with Gasteiger partial charge < -0.3 is 23.6 Å². The molecule has 0 aromatic carbocycles. The maximum Gasteiger partial charge on any atom is 0.472 e. The molecule has 1 aliphatic rings. The first kappa shape index (κ1) is 50.7. The number of allylic oxidation sites excluding steroid dienone is 9. The molecule has 0 aromatic rings. The second-order valence-corrected chi connectivity index (χ2v) is 16.8. The minimum absolute atomic E-state index is 0.0156. The van der Waals surface area contributed by atoms with E-state index in [0.717, 1.165) is 83.5 Å². The van der Waals surface area contributed by atoms with Crippen LogP contribution in [-0.4, -0.2) is 87.1 Å². The van der Waals surface area contributed by atoms with Gasteiger partial charge in [-0.3, -0.25) is 18.6 Å². The monoisotopic (exact) mass is 795 g/mol. The molecule has 0 amide bonds. The maximum atomic E-state index is 12.7. The lowest BCUT2D eigenvalue weighted by molar-refractivity contribution is -0.870. The Hall–Kier alpha value is -2.33. The van der Waals surface area contributed by atoms with Crippen molar-refractivity contribution in [1.29, 1.82) is 0 Å². The largest absolute Gasteiger partial charge is 0.472 e. The fourth-order valence-corrected chi connectivity index (χ4v) is 6.28. The van der Waals surface area contributed by atoms with Crippen LogP contribution >= 0.6 is 7.82 Å². The smallest absolute Gasteiger partial charge is 0.462 e. The Morgan fingerprint density at radius 1 is 0.691 bits per heavy atom. The molecule has 1 saturated heterocycles. The minimum Gasteiger partial charge on any atom is -0.462 e. The second kappa shape index (κ2) is 32.7. The van der Waals surface area contributed by atoms with E-state index in [0.29, 0.717) is 36.1 Å². The third kappa shape index (κ3) is 33.5. The number of carbonyl (C=O) groups is 2. The van der Waals surface area contributed by atoms with Crippen molar-refractivity contribution in [2.45, 2.75) is 161 Å². The van der Waals surface area contributed by atoms with E-state index in [1.54, 1.807) is 0 Å². The van der Waals surface area contributed by atoms with Crippen molar-refractivity contribution in [3.63, 3.8) is 0 Å². The van der Waals surface area contributed by atoms with Gasteiger partial charge in [-0.1, -0.05) is 113 Å². The number of quaternary nitrogens is 1. The zero-order valence-electron chi connectivity index (χ0n) is 35.1. The lowest BCUT2D eigenvalue weighted by atomic mass is 10.1. The third-order valence-corrected chi connectivity index (χ3v) is 9.94. The predicted molar refractivity (Wildman–Crippen MR) is 224 cm³/mol. The molecule has 3 unspecified atom stereocenters. The highest BCUT2D eigenvalue weighted by atomic mass is 31.2. The van der Waals surface area contributed by atoms with Crippen LogP contribution in [0.15, 0.2) is 60.8 Å². The summed E-state index contributed by atoms with van der Waals surface area (Å²) in [4.78, 5) is 35.3. The number of likely N-dealkylation sites (N-methyl/N-ethyl adjacent to an activating group) is 1. The van der Waals surface area contributed by atoms with Gasteiger partial charge >= 0.3 is 19.8 Å². The van der Waals surface area contributed by atoms with Gasteiger partial charge in [0.25, 0.3) is 0 Å². The molecular formula is C44H77NO9P+. The van der Waals surface area contributed by atoms with Gasteiger partial charge in [0.05, 0.1) is 40.0 Å². The first-order valence-electron chi connectivity index (χ1n) is 21.1. The molecule has 0 aromatic heterocycles. The summed E-state index contributed by atoms with van der Waals surface area (Å²) in [6, 6.07) is 0. The van der Waals surface area contributed by atoms with E-state index < -0.39 is 32.5 Å². The molecule has 1 aliphatic heterocycles. The summed E-state index contributed by atoms with van der Waals surface area (Å²) >= 11 is 0. The van der Waals surface area contributed by atoms with Crippen LogP contribution in [0.4, 0.5) is 0 Å². The molecule has 1 heterocycles. The average Bonchev–Trinajstić information content (AvgIpc) is 3.89. The molecule has 0 radical (unpaired) electrons. The van der Waals surface area contributed by atoms with Gasteiger partial charge in [-0.05, 0) is 77.0 Å². The molecule has 316 valence electrons. The number of phosphoric acid groups is 1. The van der Waals surface area contributed by atoms with Gasteiger partial charge in [-0.2, -0.15) is 0 Å². The number of ether oxygens (including phenoxy) is 3. The van der Waals surface area contributed by atoms with E-state index in [4.69, 9.17) is 23.3 Å². The highest BCUT2D eigenvalue weighted by Gasteiger charge is 2.36. The first-order chi connectivity index (χ1) is 26.5. The Morgan fingerprint density at radius 2 is 1.27 bits per heavy atom. The summed E-state index contributed by atoms with van der Waals surface area (Å²) in [5, 5.41) is 0. The molecular weight excluding hydrogens is 717 g/mol. The Bertz CT molecular complexity index is 1190. The van der Waals surface area contributed by atoms with Gasteiger partial charge in [0.1, 0.15) is 19.8 Å². The standard InChI is InChI=1S/C44H76NO9P/c1-6-8-10-12-14-15-16-17-18-19-20-21-22-26-31-35-44(47)53-40(39-52-55(48,49)51-37-36-45(3,4)5)38-50-43(46)34-30-27-23-25-29-33-42-41(54-42)32-28-24-13-11-9-7-2/h8,10,14-15,17-18,20-21,24,28,40-42H,6-7,9,11-13,16,19,22-23,25-27,29-39H2,1-5H3/p+1/b10-8-,15-14-,18-17-,21-20-,28-24-/t40-,41?,42?/m1/s1. The fraction of sp³-hybridized carbons (Fsp3) is 0.727. The molecule has 1 fully saturated rings. The van der Waals surface area contributed by atoms with E-state index in [2.05, 4.69) is 74.6 Å². The number of esters is 2. The van der Waals surface area contributed by atoms with E-state index >= 15 is 0 Å². The van der Waals surface area contributed by atoms with Crippen LogP contribution in [0.5, 0.6) is 0 Å². The zero-order chi connectivity index (χ0) is 40.5. The molecule has 4 atom stereocenters. The maximum absolute atomic E-state index is 12.7. The molecule has 55 heavy (non-hydrogen) atoms. The predicted octanol–water partition coefficient (Wildman–Crippen LogP) is 10.7. The molecule has 0 spiro atoms. The third-order valence-electron chi connectivity index (χ3n) is 8.96. The van der Waals surface area contributed by atoms with Gasteiger partial charge in [0, 0.05) is 12.8 Å². The lowest BCUT2D eigenvalue weighted by Gasteiger charge is -2.24. The van der Waals surface area contributed by atoms with Crippen molar-refractivity contribution in [3.05, 3.63) is 60.8 Å². The van der Waals surface area contributed by atoms with Gasteiger partial charge in [0.2, 0.25) is 0 Å². The van der Waals surface area contributed by atoms with E-state index in [9.17, 15) is 19.0 Å². The number of unbranched alkanes of at least 4 members (excludes halogenated alkanes) is 9. The van der Waals surface area contributed by atoms with Crippen molar-refractivity contribution < 1.29 is 46.8 Å². The average molecular weight is 795 g/mol. The Kier molecular flexibility index (Phi) is 30.2. The molecule has 1 rings (SSSR count). The van der Waals surface area contributed by atoms with Crippen LogP contribution in [0.25, 0.3) is 0 Å². The quantitative estimate of drug-likeness (QED) is 0.0165. The number of hydrogen-bond donors (Lipinski definition) is 1. The number of nitrogens with zero attached hydrogens (tertiary/aromatic N) is 1. The molecule has 0 saturated carbocycles. The highest BCUT2D eigenvalue weighted by molar-refractivity contribution is 7.47. The molecule has 10 nitrogen and oxygen atoms in total. The number of carbonyl (C=O) groups excluding carboxylic acids is 2. The summed E-state index contributed by atoms with van der Waals surface area (Å²) < 4.78 is 40.0. The molecule has 11 heteroatoms. The van der Waals surface area contributed by atoms with Crippen LogP contribution in [0, 0.1) is 0 Å². The zero-order valence-corrected chi connectivity index (χ0v) is 36.0. The highest BCUT2D eigenvalue weighted by Crippen LogP contribution is 2.43. The van der Waals surface area contributed by atoms with Crippen molar-refractivity contribution in [1.82, 2.24) is 0 Å². The Balaban J connectivity index is 2.34. The van der Waals surface area contributed by atoms with Crippen LogP contribution in [0.3, 0.4) is 0 Å². The summed E-state index contributed by atoms with van der Waals surface area (Å²) in [6.07, 6.45) is 40.1. The normalized spacial score (nSPS) is 17.9. The summed E-state index contributed by atoms with van der Waals surface area (Å²) in [5.74, 6) is -0.877. The number of rotatable bonds is 36. The summed E-state index contributed by atoms with van der Waals surface area (Å²) in [6.45, 7) is 4.17. The number of epoxide rings is 1. The second-order valence-electron chi connectivity index (χ2n) is 15.4. The van der Waals surface area contributed by atoms with Crippen molar-refractivity contribution in [2.75, 3.05) is 47.5 Å². The van der Waals surface area contributed by atoms with Crippen LogP contribution in [0.1, 0.15) is 142 Å². The molecule has 0 aliphatic carbocycles. The Morgan fingerprint density at radius 3 is 1.95 bits per heavy atom. The van der Waals surface area contributed by atoms with Crippen molar-refractivity contribution in [3.8, 4) is 0 Å². The fourth-order valence-electron chi connectivity index (χ4n) is 5.54. The van der Waals surface area contributed by atoms with Gasteiger partial charge in [-0.15, -0.1) is 0 Å². The van der Waals surface area contributed by atoms with Crippen LogP contribution in [0.2, 0.25) is 0 Å². The topological polar surface area (TPSA) is 121 Å². The minimum atomic E-state index is -4.40. The van der Waals surface area contributed by atoms with Gasteiger partial charge in [-0.25, -0.2) is 4.57 Å². The molecule has 0 bridgehead atoms. The SMILES string of the molecule is CC/C=C\C/C=C\C/C=C\C/C=C\CCCCC(=O)O[C@H](COC(=O)CCCCCCCC1OC1C/C=C\CCCCC)COP(=O)(O)OCC[N+](C)(C)C. The lowest BCUT2D eigenvalue weighted by Crippen LogP contribution is -2.37. The summed E-state index contributed by atoms with van der Waals surface area (Å²) in [7, 11) is 1.42. The first-order valence-corrected chi connectivity index (χ1v) is 22.6. The van der Waals surface area contributed by atoms with Crippen LogP contribution < -0.4 is 0 Å². The van der Waals surface area contributed by atoms with Crippen LogP contribution in [-0.2, 0) is 37.4 Å².